The second-order valence-corrected chi connectivity index (χ2v) is 7.48. The topological polar surface area (TPSA) is 67.5 Å². The number of ether oxygens (including phenoxy) is 1. The van der Waals surface area contributed by atoms with Crippen LogP contribution in [0.4, 0.5) is 5.69 Å². The quantitative estimate of drug-likeness (QED) is 0.458. The monoisotopic (exact) mass is 378 g/mol. The van der Waals surface area contributed by atoms with E-state index in [0.29, 0.717) is 29.6 Å². The van der Waals surface area contributed by atoms with Gasteiger partial charge in [-0.3, -0.25) is 0 Å². The van der Waals surface area contributed by atoms with E-state index in [4.69, 9.17) is 22.1 Å². The molecule has 0 fully saturated rings. The Hall–Kier alpha value is -1.65. The van der Waals surface area contributed by atoms with Crippen molar-refractivity contribution in [2.24, 2.45) is 5.92 Å². The number of fused-ring (bicyclic) bond motifs is 1. The third kappa shape index (κ3) is 4.54. The maximum atomic E-state index is 10.3. The minimum atomic E-state index is -0.355. The molecule has 1 aromatic rings. The average molecular weight is 379 g/mol. The molecule has 144 valence electrons. The molecule has 2 atom stereocenters. The number of aliphatic hydroxyl groups is 1. The van der Waals surface area contributed by atoms with E-state index in [0.717, 1.165) is 48.1 Å². The first kappa shape index (κ1) is 20.7. The van der Waals surface area contributed by atoms with Crippen LogP contribution in [0.15, 0.2) is 24.3 Å². The van der Waals surface area contributed by atoms with Gasteiger partial charge in [-0.25, -0.2) is 0 Å². The summed E-state index contributed by atoms with van der Waals surface area (Å²) >= 11 is 6.37. The van der Waals surface area contributed by atoms with Gasteiger partial charge in [-0.1, -0.05) is 30.2 Å². The van der Waals surface area contributed by atoms with Crippen LogP contribution in [0.2, 0.25) is 5.02 Å². The van der Waals surface area contributed by atoms with Gasteiger partial charge in [0.2, 0.25) is 0 Å². The molecular weight excluding hydrogens is 348 g/mol. The summed E-state index contributed by atoms with van der Waals surface area (Å²) in [5.74, 6) is 0.827. The maximum absolute atomic E-state index is 10.3. The molecule has 5 heteroatoms. The van der Waals surface area contributed by atoms with Gasteiger partial charge in [0.15, 0.2) is 0 Å². The molecule has 0 spiro atoms. The first-order chi connectivity index (χ1) is 12.4. The number of halogens is 1. The molecule has 0 saturated heterocycles. The molecule has 4 nitrogen and oxygen atoms in total. The number of hydrogen-bond acceptors (Lipinski definition) is 4. The fourth-order valence-corrected chi connectivity index (χ4v) is 3.66. The highest BCUT2D eigenvalue weighted by atomic mass is 35.5. The Morgan fingerprint density at radius 3 is 2.85 bits per heavy atom. The molecule has 1 aliphatic rings. The third-order valence-corrected chi connectivity index (χ3v) is 5.30. The Bertz CT molecular complexity index is 681. The van der Waals surface area contributed by atoms with E-state index in [2.05, 4.69) is 25.7 Å². The van der Waals surface area contributed by atoms with Crippen molar-refractivity contribution in [3.63, 3.8) is 0 Å². The predicted octanol–water partition coefficient (Wildman–Crippen LogP) is 4.55. The van der Waals surface area contributed by atoms with Crippen molar-refractivity contribution in [2.45, 2.75) is 52.6 Å². The molecule has 1 aliphatic heterocycles. The fourth-order valence-electron chi connectivity index (χ4n) is 3.44. The third-order valence-electron chi connectivity index (χ3n) is 4.91. The second-order valence-electron chi connectivity index (χ2n) is 7.10. The number of aliphatic hydroxyl groups excluding tert-OH is 1. The van der Waals surface area contributed by atoms with Crippen molar-refractivity contribution in [2.75, 3.05) is 18.9 Å². The first-order valence-corrected chi connectivity index (χ1v) is 9.72. The number of nitrogens with one attached hydrogen (secondary N) is 1. The largest absolute Gasteiger partial charge is 0.492 e. The summed E-state index contributed by atoms with van der Waals surface area (Å²) in [4.78, 5) is 0. The van der Waals surface area contributed by atoms with Crippen LogP contribution in [0.3, 0.4) is 0 Å². The molecule has 1 heterocycles. The summed E-state index contributed by atoms with van der Waals surface area (Å²) in [5.41, 5.74) is 11.0. The molecular formula is C21H31ClN2O2. The van der Waals surface area contributed by atoms with Crippen molar-refractivity contribution in [1.82, 2.24) is 5.32 Å². The first-order valence-electron chi connectivity index (χ1n) is 9.34. The van der Waals surface area contributed by atoms with E-state index in [1.807, 2.05) is 19.1 Å². The van der Waals surface area contributed by atoms with E-state index < -0.39 is 0 Å². The SMILES string of the molecule is C=CC[C@@H](CNC(=C(C)C)c1cc(N)c(Cl)c2c1CCCO2)C(O)CC. The van der Waals surface area contributed by atoms with Gasteiger partial charge in [0.1, 0.15) is 10.8 Å². The van der Waals surface area contributed by atoms with Crippen molar-refractivity contribution in [3.8, 4) is 5.75 Å². The van der Waals surface area contributed by atoms with E-state index in [-0.39, 0.29) is 12.0 Å². The summed E-state index contributed by atoms with van der Waals surface area (Å²) in [5, 5.41) is 14.3. The van der Waals surface area contributed by atoms with Gasteiger partial charge in [0.05, 0.1) is 18.4 Å². The maximum Gasteiger partial charge on any atom is 0.143 e. The Morgan fingerprint density at radius 2 is 2.23 bits per heavy atom. The van der Waals surface area contributed by atoms with Gasteiger partial charge in [-0.15, -0.1) is 6.58 Å². The lowest BCUT2D eigenvalue weighted by Crippen LogP contribution is -2.31. The Balaban J connectivity index is 2.36. The highest BCUT2D eigenvalue weighted by molar-refractivity contribution is 6.34. The van der Waals surface area contributed by atoms with Crippen molar-refractivity contribution >= 4 is 23.0 Å². The highest BCUT2D eigenvalue weighted by Gasteiger charge is 2.23. The predicted molar refractivity (Wildman–Crippen MR) is 111 cm³/mol. The van der Waals surface area contributed by atoms with Crippen LogP contribution in [0.5, 0.6) is 5.75 Å². The van der Waals surface area contributed by atoms with E-state index >= 15 is 0 Å². The zero-order chi connectivity index (χ0) is 19.3. The molecule has 0 aromatic heterocycles. The van der Waals surface area contributed by atoms with Crippen molar-refractivity contribution in [1.29, 1.82) is 0 Å². The molecule has 0 bridgehead atoms. The summed E-state index contributed by atoms with van der Waals surface area (Å²) in [6.07, 6.45) is 4.87. The van der Waals surface area contributed by atoms with Crippen LogP contribution < -0.4 is 15.8 Å². The van der Waals surface area contributed by atoms with Crippen molar-refractivity contribution < 1.29 is 9.84 Å². The van der Waals surface area contributed by atoms with Gasteiger partial charge >= 0.3 is 0 Å². The summed E-state index contributed by atoms with van der Waals surface area (Å²) in [6.45, 7) is 11.3. The number of benzene rings is 1. The van der Waals surface area contributed by atoms with Crippen molar-refractivity contribution in [3.05, 3.63) is 40.4 Å². The van der Waals surface area contributed by atoms with Gasteiger partial charge in [-0.05, 0) is 45.6 Å². The lowest BCUT2D eigenvalue weighted by molar-refractivity contribution is 0.106. The molecule has 0 saturated carbocycles. The highest BCUT2D eigenvalue weighted by Crippen LogP contribution is 2.41. The fraction of sp³-hybridized carbons (Fsp3) is 0.524. The van der Waals surface area contributed by atoms with Gasteiger partial charge in [-0.2, -0.15) is 0 Å². The molecule has 1 aromatic carbocycles. The minimum Gasteiger partial charge on any atom is -0.492 e. The Labute approximate surface area is 162 Å². The van der Waals surface area contributed by atoms with Crippen LogP contribution in [0, 0.1) is 5.92 Å². The standard InChI is InChI=1S/C21H31ClN2O2/c1-5-8-14(18(25)6-2)12-24-20(13(3)4)16-11-17(23)19(22)21-15(16)9-7-10-26-21/h5,11,14,18,24-25H,1,6-10,12,23H2,2-4H3/t14-,18?/m0/s1. The molecule has 1 unspecified atom stereocenters. The minimum absolute atomic E-state index is 0.114. The smallest absolute Gasteiger partial charge is 0.143 e. The summed E-state index contributed by atoms with van der Waals surface area (Å²) in [7, 11) is 0. The number of nitrogens with two attached hydrogens (primary N) is 1. The molecule has 0 amide bonds. The van der Waals surface area contributed by atoms with Gasteiger partial charge < -0.3 is 20.9 Å². The molecule has 0 radical (unpaired) electrons. The van der Waals surface area contributed by atoms with Crippen LogP contribution >= 0.6 is 11.6 Å². The number of rotatable bonds is 8. The Kier molecular flexibility index (Phi) is 7.42. The number of allylic oxidation sites excluding steroid dienone is 2. The lowest BCUT2D eigenvalue weighted by atomic mass is 9.93. The molecule has 0 aliphatic carbocycles. The van der Waals surface area contributed by atoms with E-state index in [9.17, 15) is 5.11 Å². The lowest BCUT2D eigenvalue weighted by Gasteiger charge is -2.27. The van der Waals surface area contributed by atoms with E-state index in [1.54, 1.807) is 0 Å². The number of hydrogen-bond donors (Lipinski definition) is 3. The van der Waals surface area contributed by atoms with Crippen LogP contribution in [-0.4, -0.2) is 24.4 Å². The molecule has 4 N–H and O–H groups in total. The van der Waals surface area contributed by atoms with Crippen LogP contribution in [0.1, 0.15) is 51.2 Å². The zero-order valence-corrected chi connectivity index (χ0v) is 16.8. The van der Waals surface area contributed by atoms with E-state index in [1.165, 1.54) is 0 Å². The molecule has 26 heavy (non-hydrogen) atoms. The number of anilines is 1. The van der Waals surface area contributed by atoms with Gasteiger partial charge in [0.25, 0.3) is 0 Å². The number of nitrogen functional groups attached to an aromatic ring is 1. The summed E-state index contributed by atoms with van der Waals surface area (Å²) in [6, 6.07) is 1.93. The zero-order valence-electron chi connectivity index (χ0n) is 16.1. The van der Waals surface area contributed by atoms with Crippen LogP contribution in [0.25, 0.3) is 5.70 Å². The average Bonchev–Trinajstić information content (AvgIpc) is 2.63. The second kappa shape index (κ2) is 9.33. The van der Waals surface area contributed by atoms with Gasteiger partial charge in [0, 0.05) is 29.3 Å². The normalized spacial score (nSPS) is 15.4. The Morgan fingerprint density at radius 1 is 1.50 bits per heavy atom. The molecule has 2 rings (SSSR count). The van der Waals surface area contributed by atoms with Crippen LogP contribution in [-0.2, 0) is 6.42 Å². The summed E-state index contributed by atoms with van der Waals surface area (Å²) < 4.78 is 5.81.